The lowest BCUT2D eigenvalue weighted by atomic mass is 10.1. The average Bonchev–Trinajstić information content (AvgIpc) is 2.80. The molecule has 1 N–H and O–H groups in total. The van der Waals surface area contributed by atoms with Gasteiger partial charge in [0, 0.05) is 55.5 Å². The molecule has 30 heavy (non-hydrogen) atoms. The van der Waals surface area contributed by atoms with Crippen molar-refractivity contribution in [2.75, 3.05) is 36.4 Å². The second kappa shape index (κ2) is 8.97. The Kier molecular flexibility index (Phi) is 5.95. The summed E-state index contributed by atoms with van der Waals surface area (Å²) in [7, 11) is 0. The van der Waals surface area contributed by atoms with Crippen LogP contribution in [0, 0.1) is 0 Å². The Morgan fingerprint density at radius 3 is 2.20 bits per heavy atom. The molecule has 0 bridgehead atoms. The predicted octanol–water partition coefficient (Wildman–Crippen LogP) is 3.95. The van der Waals surface area contributed by atoms with Crippen LogP contribution in [-0.4, -0.2) is 47.9 Å². The molecule has 0 aliphatic carbocycles. The Bertz CT molecular complexity index is 1030. The lowest BCUT2D eigenvalue weighted by Gasteiger charge is -2.36. The number of hydrogen-bond acceptors (Lipinski definition) is 4. The van der Waals surface area contributed by atoms with Crippen LogP contribution < -0.4 is 10.2 Å². The maximum atomic E-state index is 12.7. The number of rotatable bonds is 4. The highest BCUT2D eigenvalue weighted by Crippen LogP contribution is 2.22. The minimum absolute atomic E-state index is 0.0329. The van der Waals surface area contributed by atoms with Crippen molar-refractivity contribution in [3.8, 4) is 0 Å². The molecule has 152 valence electrons. The minimum atomic E-state index is -0.170. The summed E-state index contributed by atoms with van der Waals surface area (Å²) in [4.78, 5) is 32.9. The SMILES string of the molecule is O=C(Nc1ccc(N2CCN(C(=O)c3ccccc3Cl)CC2)cc1)c1ccncc1. The molecule has 0 unspecified atom stereocenters. The zero-order valence-corrected chi connectivity index (χ0v) is 17.0. The molecule has 2 heterocycles. The molecule has 6 nitrogen and oxygen atoms in total. The number of amides is 2. The van der Waals surface area contributed by atoms with E-state index in [-0.39, 0.29) is 11.8 Å². The molecule has 1 aliphatic rings. The fraction of sp³-hybridized carbons (Fsp3) is 0.174. The van der Waals surface area contributed by atoms with E-state index in [9.17, 15) is 9.59 Å². The smallest absolute Gasteiger partial charge is 0.255 e. The summed E-state index contributed by atoms with van der Waals surface area (Å²) in [6, 6.07) is 18.2. The zero-order valence-electron chi connectivity index (χ0n) is 16.3. The molecule has 0 saturated carbocycles. The number of halogens is 1. The largest absolute Gasteiger partial charge is 0.368 e. The van der Waals surface area contributed by atoms with Crippen LogP contribution in [0.2, 0.25) is 5.02 Å². The summed E-state index contributed by atoms with van der Waals surface area (Å²) in [6.45, 7) is 2.73. The molecule has 2 amide bonds. The van der Waals surface area contributed by atoms with Crippen molar-refractivity contribution in [1.82, 2.24) is 9.88 Å². The quantitative estimate of drug-likeness (QED) is 0.694. The average molecular weight is 421 g/mol. The number of nitrogens with zero attached hydrogens (tertiary/aromatic N) is 3. The van der Waals surface area contributed by atoms with Crippen molar-refractivity contribution in [3.63, 3.8) is 0 Å². The summed E-state index contributed by atoms with van der Waals surface area (Å²) in [6.07, 6.45) is 3.18. The Morgan fingerprint density at radius 1 is 0.867 bits per heavy atom. The Hall–Kier alpha value is -3.38. The molecule has 0 atom stereocenters. The van der Waals surface area contributed by atoms with E-state index in [0.717, 1.165) is 24.5 Å². The molecule has 1 aliphatic heterocycles. The first-order valence-corrected chi connectivity index (χ1v) is 10.1. The second-order valence-corrected chi connectivity index (χ2v) is 7.40. The molecule has 1 aromatic heterocycles. The maximum absolute atomic E-state index is 12.7. The van der Waals surface area contributed by atoms with Gasteiger partial charge < -0.3 is 15.1 Å². The molecule has 4 rings (SSSR count). The van der Waals surface area contributed by atoms with Crippen LogP contribution in [0.1, 0.15) is 20.7 Å². The number of benzene rings is 2. The van der Waals surface area contributed by atoms with Gasteiger partial charge in [0.1, 0.15) is 0 Å². The number of nitrogens with one attached hydrogen (secondary N) is 1. The van der Waals surface area contributed by atoms with Crippen molar-refractivity contribution < 1.29 is 9.59 Å². The second-order valence-electron chi connectivity index (χ2n) is 7.00. The summed E-state index contributed by atoms with van der Waals surface area (Å²) in [5, 5.41) is 3.36. The van der Waals surface area contributed by atoms with Gasteiger partial charge in [0.2, 0.25) is 0 Å². The van der Waals surface area contributed by atoms with Crippen LogP contribution in [0.25, 0.3) is 0 Å². The van der Waals surface area contributed by atoms with Crippen LogP contribution in [-0.2, 0) is 0 Å². The molecule has 1 fully saturated rings. The van der Waals surface area contributed by atoms with Crippen molar-refractivity contribution in [3.05, 3.63) is 89.2 Å². The Morgan fingerprint density at radius 2 is 1.53 bits per heavy atom. The van der Waals surface area contributed by atoms with Crippen molar-refractivity contribution >= 4 is 34.8 Å². The van der Waals surface area contributed by atoms with E-state index in [1.807, 2.05) is 41.3 Å². The molecule has 7 heteroatoms. The number of carbonyl (C=O) groups excluding carboxylic acids is 2. The van der Waals surface area contributed by atoms with Gasteiger partial charge in [-0.25, -0.2) is 0 Å². The van der Waals surface area contributed by atoms with Crippen LogP contribution >= 0.6 is 11.6 Å². The first-order chi connectivity index (χ1) is 14.6. The highest BCUT2D eigenvalue weighted by atomic mass is 35.5. The van der Waals surface area contributed by atoms with Crippen LogP contribution in [0.4, 0.5) is 11.4 Å². The molecule has 1 saturated heterocycles. The third-order valence-corrected chi connectivity index (χ3v) is 5.43. The van der Waals surface area contributed by atoms with Gasteiger partial charge in [0.15, 0.2) is 0 Å². The number of anilines is 2. The van der Waals surface area contributed by atoms with Crippen LogP contribution in [0.15, 0.2) is 73.1 Å². The van der Waals surface area contributed by atoms with Crippen LogP contribution in [0.5, 0.6) is 0 Å². The van der Waals surface area contributed by atoms with E-state index in [0.29, 0.717) is 29.2 Å². The molecule has 2 aromatic carbocycles. The fourth-order valence-electron chi connectivity index (χ4n) is 3.43. The monoisotopic (exact) mass is 420 g/mol. The molecular formula is C23H21ClN4O2. The molecular weight excluding hydrogens is 400 g/mol. The van der Waals surface area contributed by atoms with Crippen molar-refractivity contribution in [1.29, 1.82) is 0 Å². The summed E-state index contributed by atoms with van der Waals surface area (Å²) in [5.74, 6) is -0.203. The van der Waals surface area contributed by atoms with Crippen molar-refractivity contribution in [2.24, 2.45) is 0 Å². The van der Waals surface area contributed by atoms with E-state index in [2.05, 4.69) is 15.2 Å². The van der Waals surface area contributed by atoms with E-state index < -0.39 is 0 Å². The summed E-state index contributed by atoms with van der Waals surface area (Å²) < 4.78 is 0. The van der Waals surface area contributed by atoms with Crippen LogP contribution in [0.3, 0.4) is 0 Å². The normalized spacial score (nSPS) is 13.8. The van der Waals surface area contributed by atoms with E-state index in [1.54, 1.807) is 36.7 Å². The van der Waals surface area contributed by atoms with E-state index in [1.165, 1.54) is 0 Å². The fourth-order valence-corrected chi connectivity index (χ4v) is 3.65. The number of carbonyl (C=O) groups is 2. The first-order valence-electron chi connectivity index (χ1n) is 9.72. The number of piperazine rings is 1. The number of aromatic nitrogens is 1. The summed E-state index contributed by atoms with van der Waals surface area (Å²) >= 11 is 6.16. The van der Waals surface area contributed by atoms with Gasteiger partial charge in [0.25, 0.3) is 11.8 Å². The van der Waals surface area contributed by atoms with Gasteiger partial charge in [-0.3, -0.25) is 14.6 Å². The number of pyridine rings is 1. The lowest BCUT2D eigenvalue weighted by Crippen LogP contribution is -2.48. The maximum Gasteiger partial charge on any atom is 0.255 e. The standard InChI is InChI=1S/C23H21ClN4O2/c24-21-4-2-1-3-20(21)23(30)28-15-13-27(14-16-28)19-7-5-18(6-8-19)26-22(29)17-9-11-25-12-10-17/h1-12H,13-16H2,(H,26,29). The van der Waals surface area contributed by atoms with Gasteiger partial charge in [-0.2, -0.15) is 0 Å². The van der Waals surface area contributed by atoms with E-state index >= 15 is 0 Å². The molecule has 3 aromatic rings. The van der Waals surface area contributed by atoms with Crippen molar-refractivity contribution in [2.45, 2.75) is 0 Å². The molecule has 0 radical (unpaired) electrons. The lowest BCUT2D eigenvalue weighted by molar-refractivity contribution is 0.0747. The predicted molar refractivity (Wildman–Crippen MR) is 118 cm³/mol. The first kappa shape index (κ1) is 19.9. The Labute approximate surface area is 180 Å². The zero-order chi connectivity index (χ0) is 20.9. The third-order valence-electron chi connectivity index (χ3n) is 5.10. The Balaban J connectivity index is 1.34. The number of hydrogen-bond donors (Lipinski definition) is 1. The third kappa shape index (κ3) is 4.44. The van der Waals surface area contributed by atoms with Gasteiger partial charge >= 0.3 is 0 Å². The van der Waals surface area contributed by atoms with Gasteiger partial charge in [-0.05, 0) is 48.5 Å². The highest BCUT2D eigenvalue weighted by Gasteiger charge is 2.23. The van der Waals surface area contributed by atoms with Gasteiger partial charge in [-0.15, -0.1) is 0 Å². The minimum Gasteiger partial charge on any atom is -0.368 e. The van der Waals surface area contributed by atoms with E-state index in [4.69, 9.17) is 11.6 Å². The van der Waals surface area contributed by atoms with Gasteiger partial charge in [0.05, 0.1) is 10.6 Å². The van der Waals surface area contributed by atoms with Gasteiger partial charge in [-0.1, -0.05) is 23.7 Å². The highest BCUT2D eigenvalue weighted by molar-refractivity contribution is 6.33. The summed E-state index contributed by atoms with van der Waals surface area (Å²) in [5.41, 5.74) is 2.89. The topological polar surface area (TPSA) is 65.5 Å². The molecule has 0 spiro atoms.